The number of fused-ring (bicyclic) bond motifs is 1. The number of hydrazone groups is 1. The van der Waals surface area contributed by atoms with Crippen molar-refractivity contribution >= 4 is 49.9 Å². The first-order valence-corrected chi connectivity index (χ1v) is 8.97. The van der Waals surface area contributed by atoms with Crippen LogP contribution in [0, 0.1) is 0 Å². The molecule has 0 spiro atoms. The van der Waals surface area contributed by atoms with Gasteiger partial charge in [0, 0.05) is 9.50 Å². The minimum Gasteiger partial charge on any atom is -0.273 e. The lowest BCUT2D eigenvalue weighted by Crippen LogP contribution is -2.21. The number of nitrogens with zero attached hydrogens (tertiary/aromatic N) is 1. The summed E-state index contributed by atoms with van der Waals surface area (Å²) in [4.78, 5) is 12.3. The Morgan fingerprint density at radius 3 is 2.44 bits per heavy atom. The zero-order chi connectivity index (χ0) is 17.8. The fourth-order valence-electron chi connectivity index (χ4n) is 2.59. The predicted octanol–water partition coefficient (Wildman–Crippen LogP) is 5.34. The van der Waals surface area contributed by atoms with Crippen LogP contribution < -0.4 is 5.43 Å². The first-order valence-electron chi connectivity index (χ1n) is 7.80. The van der Waals surface area contributed by atoms with Crippen LogP contribution in [0.2, 0.25) is 5.02 Å². The van der Waals surface area contributed by atoms with Gasteiger partial charge in [0.1, 0.15) is 0 Å². The van der Waals surface area contributed by atoms with Gasteiger partial charge in [0.15, 0.2) is 0 Å². The molecule has 3 rings (SSSR count). The van der Waals surface area contributed by atoms with Crippen molar-refractivity contribution in [2.75, 3.05) is 0 Å². The Hall–Kier alpha value is -2.17. The maximum absolute atomic E-state index is 12.3. The van der Waals surface area contributed by atoms with Crippen molar-refractivity contribution in [3.8, 4) is 0 Å². The van der Waals surface area contributed by atoms with Gasteiger partial charge in [0.25, 0.3) is 0 Å². The Bertz CT molecular complexity index is 952. The number of hydrogen-bond acceptors (Lipinski definition) is 2. The lowest BCUT2D eigenvalue weighted by molar-refractivity contribution is -0.120. The highest BCUT2D eigenvalue weighted by Crippen LogP contribution is 2.27. The summed E-state index contributed by atoms with van der Waals surface area (Å²) in [5, 5.41) is 7.00. The molecule has 0 saturated heterocycles. The molecule has 3 nitrogen and oxygen atoms in total. The van der Waals surface area contributed by atoms with Gasteiger partial charge in [-0.2, -0.15) is 5.10 Å². The van der Waals surface area contributed by atoms with E-state index in [1.54, 1.807) is 12.1 Å². The van der Waals surface area contributed by atoms with Gasteiger partial charge < -0.3 is 0 Å². The van der Waals surface area contributed by atoms with Crippen molar-refractivity contribution in [3.63, 3.8) is 0 Å². The summed E-state index contributed by atoms with van der Waals surface area (Å²) < 4.78 is 1.02. The van der Waals surface area contributed by atoms with Crippen LogP contribution in [-0.2, 0) is 11.2 Å². The van der Waals surface area contributed by atoms with E-state index in [4.69, 9.17) is 11.6 Å². The smallest absolute Gasteiger partial charge is 0.244 e. The van der Waals surface area contributed by atoms with Gasteiger partial charge in [-0.3, -0.25) is 4.79 Å². The Balaban J connectivity index is 1.74. The Kier molecular flexibility index (Phi) is 5.51. The molecule has 25 heavy (non-hydrogen) atoms. The average molecular weight is 416 g/mol. The summed E-state index contributed by atoms with van der Waals surface area (Å²) in [6, 6.07) is 19.3. The minimum absolute atomic E-state index is 0.152. The van der Waals surface area contributed by atoms with Gasteiger partial charge in [-0.1, -0.05) is 70.0 Å². The largest absolute Gasteiger partial charge is 0.273 e. The minimum atomic E-state index is -0.152. The van der Waals surface area contributed by atoms with E-state index in [1.165, 1.54) is 0 Å². The topological polar surface area (TPSA) is 41.5 Å². The van der Waals surface area contributed by atoms with Gasteiger partial charge in [-0.25, -0.2) is 5.43 Å². The number of halogens is 2. The molecule has 1 amide bonds. The number of hydrogen-bond donors (Lipinski definition) is 1. The highest BCUT2D eigenvalue weighted by atomic mass is 79.9. The third-order valence-corrected chi connectivity index (χ3v) is 4.87. The number of amides is 1. The SMILES string of the molecule is C/C(=N/NC(=O)Cc1ccc(Br)c2ccccc12)c1ccc(Cl)cc1. The number of benzene rings is 3. The number of carbonyl (C=O) groups excluding carboxylic acids is 1. The predicted molar refractivity (Wildman–Crippen MR) is 107 cm³/mol. The summed E-state index contributed by atoms with van der Waals surface area (Å²) in [6.45, 7) is 1.85. The summed E-state index contributed by atoms with van der Waals surface area (Å²) in [5.41, 5.74) is 5.24. The van der Waals surface area contributed by atoms with E-state index >= 15 is 0 Å². The van der Waals surface area contributed by atoms with Crippen LogP contribution in [0.5, 0.6) is 0 Å². The third-order valence-electron chi connectivity index (χ3n) is 3.92. The zero-order valence-electron chi connectivity index (χ0n) is 13.6. The van der Waals surface area contributed by atoms with Crippen LogP contribution in [0.15, 0.2) is 70.2 Å². The molecule has 0 aliphatic carbocycles. The average Bonchev–Trinajstić information content (AvgIpc) is 2.63. The molecular formula is C20H16BrClN2O. The molecule has 126 valence electrons. The lowest BCUT2D eigenvalue weighted by atomic mass is 10.0. The second-order valence-corrected chi connectivity index (χ2v) is 6.96. The van der Waals surface area contributed by atoms with Gasteiger partial charge in [-0.05, 0) is 47.0 Å². The Labute approximate surface area is 159 Å². The maximum Gasteiger partial charge on any atom is 0.244 e. The van der Waals surface area contributed by atoms with Crippen molar-refractivity contribution in [3.05, 3.63) is 81.3 Å². The first-order chi connectivity index (χ1) is 12.0. The second kappa shape index (κ2) is 7.81. The molecule has 5 heteroatoms. The van der Waals surface area contributed by atoms with E-state index < -0.39 is 0 Å². The molecule has 0 unspecified atom stereocenters. The molecule has 0 aliphatic rings. The molecule has 3 aromatic rings. The number of nitrogens with one attached hydrogen (secondary N) is 1. The molecule has 0 aromatic heterocycles. The molecule has 0 aliphatic heterocycles. The van der Waals surface area contributed by atoms with Crippen molar-refractivity contribution in [2.45, 2.75) is 13.3 Å². The molecule has 0 radical (unpaired) electrons. The molecular weight excluding hydrogens is 400 g/mol. The molecule has 0 atom stereocenters. The van der Waals surface area contributed by atoms with E-state index in [1.807, 2.05) is 55.5 Å². The van der Waals surface area contributed by atoms with Gasteiger partial charge in [-0.15, -0.1) is 0 Å². The van der Waals surface area contributed by atoms with E-state index in [0.717, 1.165) is 32.1 Å². The monoisotopic (exact) mass is 414 g/mol. The van der Waals surface area contributed by atoms with Gasteiger partial charge in [0.05, 0.1) is 12.1 Å². The fraction of sp³-hybridized carbons (Fsp3) is 0.100. The summed E-state index contributed by atoms with van der Waals surface area (Å²) in [7, 11) is 0. The van der Waals surface area contributed by atoms with Crippen LogP contribution in [0.3, 0.4) is 0 Å². The highest BCUT2D eigenvalue weighted by molar-refractivity contribution is 9.10. The molecule has 3 aromatic carbocycles. The van der Waals surface area contributed by atoms with Crippen LogP contribution >= 0.6 is 27.5 Å². The van der Waals surface area contributed by atoms with Crippen molar-refractivity contribution < 1.29 is 4.79 Å². The number of carbonyl (C=O) groups is 1. The van der Waals surface area contributed by atoms with Gasteiger partial charge in [0.2, 0.25) is 5.91 Å². The fourth-order valence-corrected chi connectivity index (χ4v) is 3.20. The quantitative estimate of drug-likeness (QED) is 0.453. The molecule has 1 N–H and O–H groups in total. The highest BCUT2D eigenvalue weighted by Gasteiger charge is 2.08. The zero-order valence-corrected chi connectivity index (χ0v) is 15.9. The maximum atomic E-state index is 12.3. The summed E-state index contributed by atoms with van der Waals surface area (Å²) in [5.74, 6) is -0.152. The van der Waals surface area contributed by atoms with Gasteiger partial charge >= 0.3 is 0 Å². The lowest BCUT2D eigenvalue weighted by Gasteiger charge is -2.08. The summed E-state index contributed by atoms with van der Waals surface area (Å²) in [6.07, 6.45) is 0.269. The molecule has 0 bridgehead atoms. The van der Waals surface area contributed by atoms with Crippen LogP contribution in [0.25, 0.3) is 10.8 Å². The normalized spacial score (nSPS) is 11.6. The van der Waals surface area contributed by atoms with Crippen molar-refractivity contribution in [2.24, 2.45) is 5.10 Å². The Morgan fingerprint density at radius 2 is 1.72 bits per heavy atom. The van der Waals surface area contributed by atoms with Crippen LogP contribution in [0.4, 0.5) is 0 Å². The van der Waals surface area contributed by atoms with E-state index in [-0.39, 0.29) is 12.3 Å². The third kappa shape index (κ3) is 4.27. The van der Waals surface area contributed by atoms with E-state index in [9.17, 15) is 4.79 Å². The standard InChI is InChI=1S/C20H16BrClN2O/c1-13(14-6-9-16(22)10-7-14)23-24-20(25)12-15-8-11-19(21)18-5-3-2-4-17(15)18/h2-11H,12H2,1H3,(H,24,25)/b23-13-. The first kappa shape index (κ1) is 17.6. The van der Waals surface area contributed by atoms with Crippen LogP contribution in [-0.4, -0.2) is 11.6 Å². The molecule has 0 saturated carbocycles. The molecule has 0 fully saturated rings. The van der Waals surface area contributed by atoms with Crippen LogP contribution in [0.1, 0.15) is 18.1 Å². The molecule has 0 heterocycles. The van der Waals surface area contributed by atoms with E-state index in [0.29, 0.717) is 5.02 Å². The Morgan fingerprint density at radius 1 is 1.04 bits per heavy atom. The van der Waals surface area contributed by atoms with Crippen molar-refractivity contribution in [1.29, 1.82) is 0 Å². The summed E-state index contributed by atoms with van der Waals surface area (Å²) >= 11 is 9.43. The second-order valence-electron chi connectivity index (χ2n) is 5.67. The van der Waals surface area contributed by atoms with Crippen molar-refractivity contribution in [1.82, 2.24) is 5.43 Å². The number of rotatable bonds is 4. The van der Waals surface area contributed by atoms with E-state index in [2.05, 4.69) is 26.5 Å².